The van der Waals surface area contributed by atoms with Gasteiger partial charge in [0.25, 0.3) is 0 Å². The summed E-state index contributed by atoms with van der Waals surface area (Å²) in [7, 11) is 0. The summed E-state index contributed by atoms with van der Waals surface area (Å²) >= 11 is 0. The summed E-state index contributed by atoms with van der Waals surface area (Å²) in [4.78, 5) is 28.6. The summed E-state index contributed by atoms with van der Waals surface area (Å²) in [6, 6.07) is 8.66. The number of benzene rings is 1. The lowest BCUT2D eigenvalue weighted by atomic mass is 9.62. The van der Waals surface area contributed by atoms with Crippen molar-refractivity contribution in [1.29, 1.82) is 0 Å². The molecule has 0 bridgehead atoms. The highest BCUT2D eigenvalue weighted by Crippen LogP contribution is 2.46. The van der Waals surface area contributed by atoms with Gasteiger partial charge in [-0.2, -0.15) is 0 Å². The van der Waals surface area contributed by atoms with Gasteiger partial charge in [0, 0.05) is 31.2 Å². The van der Waals surface area contributed by atoms with Crippen molar-refractivity contribution in [1.82, 2.24) is 4.98 Å². The van der Waals surface area contributed by atoms with E-state index in [1.165, 1.54) is 35.1 Å². The molecule has 0 unspecified atom stereocenters. The minimum absolute atomic E-state index is 0.0277. The first-order chi connectivity index (χ1) is 13.6. The SMILES string of the molecule is Cc1cc2c(cc1Cc1ccc(C3C(=O)CCC3=O)cn1)C(C)(C)CCC2(C)C. The van der Waals surface area contributed by atoms with E-state index in [2.05, 4.69) is 51.7 Å². The van der Waals surface area contributed by atoms with Crippen LogP contribution >= 0.6 is 0 Å². The second-order valence-electron chi connectivity index (χ2n) is 10.2. The molecule has 3 nitrogen and oxygen atoms in total. The number of pyridine rings is 1. The van der Waals surface area contributed by atoms with Crippen LogP contribution in [0, 0.1) is 6.92 Å². The molecular formula is C26H31NO2. The molecule has 0 amide bonds. The maximum absolute atomic E-state index is 12.0. The zero-order valence-corrected chi connectivity index (χ0v) is 18.3. The first-order valence-electron chi connectivity index (χ1n) is 10.7. The predicted octanol–water partition coefficient (Wildman–Crippen LogP) is 5.35. The number of ketones is 2. The van der Waals surface area contributed by atoms with Crippen molar-refractivity contribution in [2.75, 3.05) is 0 Å². The Labute approximate surface area is 173 Å². The van der Waals surface area contributed by atoms with E-state index in [1.807, 2.05) is 12.1 Å². The molecule has 1 saturated carbocycles. The molecule has 1 heterocycles. The minimum Gasteiger partial charge on any atom is -0.299 e. The predicted molar refractivity (Wildman–Crippen MR) is 115 cm³/mol. The van der Waals surface area contributed by atoms with Crippen molar-refractivity contribution in [3.05, 3.63) is 64.0 Å². The van der Waals surface area contributed by atoms with E-state index in [4.69, 9.17) is 0 Å². The van der Waals surface area contributed by atoms with Gasteiger partial charge in [-0.15, -0.1) is 0 Å². The topological polar surface area (TPSA) is 47.0 Å². The number of aromatic nitrogens is 1. The number of carbonyl (C=O) groups is 2. The van der Waals surface area contributed by atoms with Crippen molar-refractivity contribution in [3.63, 3.8) is 0 Å². The van der Waals surface area contributed by atoms with E-state index in [0.29, 0.717) is 12.8 Å². The summed E-state index contributed by atoms with van der Waals surface area (Å²) in [5, 5.41) is 0. The lowest BCUT2D eigenvalue weighted by Crippen LogP contribution is -2.34. The van der Waals surface area contributed by atoms with Crippen LogP contribution in [0.3, 0.4) is 0 Å². The van der Waals surface area contributed by atoms with Crippen LogP contribution in [-0.2, 0) is 26.8 Å². The Morgan fingerprint density at radius 3 is 2.07 bits per heavy atom. The molecule has 0 atom stereocenters. The van der Waals surface area contributed by atoms with Crippen LogP contribution in [-0.4, -0.2) is 16.6 Å². The maximum atomic E-state index is 12.0. The third kappa shape index (κ3) is 3.56. The first-order valence-corrected chi connectivity index (χ1v) is 10.7. The second kappa shape index (κ2) is 6.90. The molecule has 0 aliphatic heterocycles. The lowest BCUT2D eigenvalue weighted by Gasteiger charge is -2.42. The molecule has 2 aromatic rings. The van der Waals surface area contributed by atoms with Gasteiger partial charge in [-0.25, -0.2) is 0 Å². The maximum Gasteiger partial charge on any atom is 0.148 e. The minimum atomic E-state index is -0.593. The van der Waals surface area contributed by atoms with Gasteiger partial charge < -0.3 is 0 Å². The van der Waals surface area contributed by atoms with Gasteiger partial charge in [0.1, 0.15) is 17.5 Å². The number of hydrogen-bond acceptors (Lipinski definition) is 3. The smallest absolute Gasteiger partial charge is 0.148 e. The van der Waals surface area contributed by atoms with Crippen LogP contribution in [0.15, 0.2) is 30.5 Å². The summed E-state index contributed by atoms with van der Waals surface area (Å²) in [6.45, 7) is 11.6. The average Bonchev–Trinajstić information content (AvgIpc) is 2.99. The fourth-order valence-corrected chi connectivity index (χ4v) is 4.95. The number of fused-ring (bicyclic) bond motifs is 1. The zero-order valence-electron chi connectivity index (χ0n) is 18.3. The Kier molecular flexibility index (Phi) is 4.76. The van der Waals surface area contributed by atoms with Gasteiger partial charge in [0.05, 0.1) is 0 Å². The number of aryl methyl sites for hydroxylation is 1. The van der Waals surface area contributed by atoms with E-state index < -0.39 is 5.92 Å². The molecule has 0 spiro atoms. The normalized spacial score (nSPS) is 20.7. The monoisotopic (exact) mass is 389 g/mol. The number of carbonyl (C=O) groups excluding carboxylic acids is 2. The summed E-state index contributed by atoms with van der Waals surface area (Å²) < 4.78 is 0. The molecule has 0 N–H and O–H groups in total. The van der Waals surface area contributed by atoms with Crippen LogP contribution in [0.5, 0.6) is 0 Å². The van der Waals surface area contributed by atoms with Crippen LogP contribution in [0.2, 0.25) is 0 Å². The molecule has 2 aliphatic carbocycles. The van der Waals surface area contributed by atoms with Crippen LogP contribution < -0.4 is 0 Å². The Morgan fingerprint density at radius 2 is 1.52 bits per heavy atom. The number of Topliss-reactive ketones (excluding diaryl/α,β-unsaturated/α-hetero) is 2. The van der Waals surface area contributed by atoms with E-state index >= 15 is 0 Å². The molecule has 3 heteroatoms. The Morgan fingerprint density at radius 1 is 0.931 bits per heavy atom. The molecule has 0 radical (unpaired) electrons. The highest BCUT2D eigenvalue weighted by Gasteiger charge is 2.37. The molecule has 29 heavy (non-hydrogen) atoms. The van der Waals surface area contributed by atoms with Crippen molar-refractivity contribution in [3.8, 4) is 0 Å². The summed E-state index contributed by atoms with van der Waals surface area (Å²) in [5.74, 6) is -0.537. The Balaban J connectivity index is 1.63. The highest BCUT2D eigenvalue weighted by molar-refractivity contribution is 6.13. The van der Waals surface area contributed by atoms with Gasteiger partial charge >= 0.3 is 0 Å². The molecule has 0 saturated heterocycles. The highest BCUT2D eigenvalue weighted by atomic mass is 16.2. The van der Waals surface area contributed by atoms with Crippen molar-refractivity contribution < 1.29 is 9.59 Å². The van der Waals surface area contributed by atoms with Crippen molar-refractivity contribution in [2.45, 2.75) is 83.5 Å². The number of hydrogen-bond donors (Lipinski definition) is 0. The van der Waals surface area contributed by atoms with Crippen LogP contribution in [0.4, 0.5) is 0 Å². The van der Waals surface area contributed by atoms with Gasteiger partial charge in [0.15, 0.2) is 0 Å². The van der Waals surface area contributed by atoms with Crippen LogP contribution in [0.1, 0.15) is 92.8 Å². The third-order valence-electron chi connectivity index (χ3n) is 7.12. The fraction of sp³-hybridized carbons (Fsp3) is 0.500. The molecule has 4 rings (SSSR count). The average molecular weight is 390 g/mol. The first kappa shape index (κ1) is 20.0. The van der Waals surface area contributed by atoms with E-state index in [-0.39, 0.29) is 22.4 Å². The number of rotatable bonds is 3. The molecular weight excluding hydrogens is 358 g/mol. The molecule has 2 aliphatic rings. The molecule has 152 valence electrons. The largest absolute Gasteiger partial charge is 0.299 e. The van der Waals surface area contributed by atoms with Crippen molar-refractivity contribution in [2.24, 2.45) is 0 Å². The molecule has 1 aromatic heterocycles. The van der Waals surface area contributed by atoms with E-state index in [9.17, 15) is 9.59 Å². The molecule has 1 aromatic carbocycles. The van der Waals surface area contributed by atoms with E-state index in [0.717, 1.165) is 17.7 Å². The van der Waals surface area contributed by atoms with Crippen LogP contribution in [0.25, 0.3) is 0 Å². The van der Waals surface area contributed by atoms with Gasteiger partial charge in [-0.1, -0.05) is 45.9 Å². The lowest BCUT2D eigenvalue weighted by molar-refractivity contribution is -0.123. The van der Waals surface area contributed by atoms with Gasteiger partial charge in [0.2, 0.25) is 0 Å². The van der Waals surface area contributed by atoms with Gasteiger partial charge in [-0.3, -0.25) is 14.6 Å². The third-order valence-corrected chi connectivity index (χ3v) is 7.12. The zero-order chi connectivity index (χ0) is 21.0. The van der Waals surface area contributed by atoms with Crippen molar-refractivity contribution >= 4 is 11.6 Å². The van der Waals surface area contributed by atoms with Gasteiger partial charge in [-0.05, 0) is 64.5 Å². The Bertz CT molecular complexity index is 967. The fourth-order valence-electron chi connectivity index (χ4n) is 4.95. The molecule has 1 fully saturated rings. The second-order valence-corrected chi connectivity index (χ2v) is 10.2. The standard InChI is InChI=1S/C26H31NO2/c1-16-12-20-21(26(4,5)11-10-25(20,2)3)14-18(16)13-19-7-6-17(15-27-19)24-22(28)8-9-23(24)29/h6-7,12,14-15,24H,8-11,13H2,1-5H3. The Hall–Kier alpha value is -2.29. The summed E-state index contributed by atoms with van der Waals surface area (Å²) in [5.41, 5.74) is 7.69. The summed E-state index contributed by atoms with van der Waals surface area (Å²) in [6.07, 6.45) is 5.64. The van der Waals surface area contributed by atoms with E-state index in [1.54, 1.807) is 6.20 Å². The number of nitrogens with zero attached hydrogens (tertiary/aromatic N) is 1. The quantitative estimate of drug-likeness (QED) is 0.665.